The Balaban J connectivity index is 2.61. The maximum absolute atomic E-state index is 11.7. The van der Waals surface area contributed by atoms with Gasteiger partial charge in [0.05, 0.1) is 0 Å². The number of halogens is 1. The Morgan fingerprint density at radius 3 is 2.67 bits per heavy atom. The number of benzene rings is 1. The lowest BCUT2D eigenvalue weighted by molar-refractivity contribution is 0.0940. The van der Waals surface area contributed by atoms with Crippen molar-refractivity contribution in [3.05, 3.63) is 47.0 Å². The van der Waals surface area contributed by atoms with Gasteiger partial charge in [0.1, 0.15) is 0 Å². The van der Waals surface area contributed by atoms with E-state index in [0.717, 1.165) is 10.9 Å². The fourth-order valence-electron chi connectivity index (χ4n) is 1.22. The zero-order valence-corrected chi connectivity index (χ0v) is 10.3. The molecule has 1 rings (SSSR count). The second-order valence-electron chi connectivity index (χ2n) is 3.41. The van der Waals surface area contributed by atoms with Crippen LogP contribution in [0.15, 0.2) is 41.4 Å². The highest BCUT2D eigenvalue weighted by atomic mass is 79.9. The largest absolute Gasteiger partial charge is 0.349 e. The van der Waals surface area contributed by atoms with Gasteiger partial charge in [0.15, 0.2) is 0 Å². The predicted molar refractivity (Wildman–Crippen MR) is 65.9 cm³/mol. The summed E-state index contributed by atoms with van der Waals surface area (Å²) in [5.74, 6) is -0.0446. The van der Waals surface area contributed by atoms with Crippen LogP contribution in [0, 0.1) is 0 Å². The minimum absolute atomic E-state index is 0.0446. The summed E-state index contributed by atoms with van der Waals surface area (Å²) in [5, 5.41) is 2.89. The monoisotopic (exact) mass is 267 g/mol. The van der Waals surface area contributed by atoms with E-state index < -0.39 is 0 Å². The molecule has 0 fully saturated rings. The van der Waals surface area contributed by atoms with E-state index in [0.29, 0.717) is 5.56 Å². The van der Waals surface area contributed by atoms with Crippen molar-refractivity contribution in [3.8, 4) is 0 Å². The summed E-state index contributed by atoms with van der Waals surface area (Å²) < 4.78 is 0.971. The van der Waals surface area contributed by atoms with Crippen LogP contribution in [0.5, 0.6) is 0 Å². The molecule has 0 aliphatic heterocycles. The maximum Gasteiger partial charge on any atom is 0.251 e. The molecule has 15 heavy (non-hydrogen) atoms. The van der Waals surface area contributed by atoms with Crippen LogP contribution in [0.3, 0.4) is 0 Å². The molecule has 80 valence electrons. The summed E-state index contributed by atoms with van der Waals surface area (Å²) >= 11 is 3.33. The minimum atomic E-state index is -0.0446. The molecular weight excluding hydrogens is 254 g/mol. The number of hydrogen-bond donors (Lipinski definition) is 1. The first kappa shape index (κ1) is 12.0. The number of nitrogens with one attached hydrogen (secondary N) is 1. The molecule has 0 bridgehead atoms. The van der Waals surface area contributed by atoms with Gasteiger partial charge in [-0.3, -0.25) is 4.79 Å². The lowest BCUT2D eigenvalue weighted by Gasteiger charge is -2.11. The van der Waals surface area contributed by atoms with E-state index in [-0.39, 0.29) is 11.9 Å². The lowest BCUT2D eigenvalue weighted by Crippen LogP contribution is -2.31. The first-order chi connectivity index (χ1) is 7.13. The van der Waals surface area contributed by atoms with Crippen LogP contribution >= 0.6 is 15.9 Å². The average Bonchev–Trinajstić information content (AvgIpc) is 2.18. The van der Waals surface area contributed by atoms with Gasteiger partial charge in [0, 0.05) is 16.1 Å². The first-order valence-corrected chi connectivity index (χ1v) is 5.60. The molecule has 2 nitrogen and oxygen atoms in total. The van der Waals surface area contributed by atoms with Crippen molar-refractivity contribution in [1.29, 1.82) is 0 Å². The van der Waals surface area contributed by atoms with Crippen molar-refractivity contribution in [2.24, 2.45) is 0 Å². The lowest BCUT2D eigenvalue weighted by atomic mass is 10.2. The summed E-state index contributed by atoms with van der Waals surface area (Å²) in [5.41, 5.74) is 0.675. The topological polar surface area (TPSA) is 29.1 Å². The highest BCUT2D eigenvalue weighted by molar-refractivity contribution is 9.10. The van der Waals surface area contributed by atoms with Gasteiger partial charge in [-0.2, -0.15) is 0 Å². The Kier molecular flexibility index (Phi) is 4.56. The molecule has 0 aliphatic carbocycles. The van der Waals surface area contributed by atoms with Crippen LogP contribution < -0.4 is 5.32 Å². The Morgan fingerprint density at radius 1 is 1.53 bits per heavy atom. The van der Waals surface area contributed by atoms with E-state index >= 15 is 0 Å². The molecule has 0 radical (unpaired) electrons. The predicted octanol–water partition coefficient (Wildman–Crippen LogP) is 3.14. The Hall–Kier alpha value is -1.09. The molecule has 3 heteroatoms. The van der Waals surface area contributed by atoms with E-state index in [1.807, 2.05) is 19.1 Å². The molecule has 1 amide bonds. The van der Waals surface area contributed by atoms with Crippen LogP contribution in [-0.2, 0) is 0 Å². The molecule has 0 spiro atoms. The van der Waals surface area contributed by atoms with Crippen molar-refractivity contribution in [2.75, 3.05) is 0 Å². The summed E-state index contributed by atoms with van der Waals surface area (Å²) in [6.45, 7) is 5.59. The molecule has 0 saturated heterocycles. The summed E-state index contributed by atoms with van der Waals surface area (Å²) in [6, 6.07) is 7.42. The second kappa shape index (κ2) is 5.71. The number of rotatable bonds is 4. The maximum atomic E-state index is 11.7. The Bertz CT molecular complexity index is 345. The number of carbonyl (C=O) groups is 1. The van der Waals surface area contributed by atoms with Gasteiger partial charge < -0.3 is 5.32 Å². The van der Waals surface area contributed by atoms with Gasteiger partial charge in [-0.05, 0) is 37.6 Å². The van der Waals surface area contributed by atoms with Crippen molar-refractivity contribution in [2.45, 2.75) is 19.4 Å². The van der Waals surface area contributed by atoms with Crippen LogP contribution in [0.2, 0.25) is 0 Å². The van der Waals surface area contributed by atoms with Crippen molar-refractivity contribution in [1.82, 2.24) is 5.32 Å². The normalized spacial score (nSPS) is 11.9. The van der Waals surface area contributed by atoms with Gasteiger partial charge in [-0.1, -0.05) is 22.0 Å². The van der Waals surface area contributed by atoms with Gasteiger partial charge in [0.25, 0.3) is 5.91 Å². The molecule has 1 N–H and O–H groups in total. The molecule has 1 aromatic carbocycles. The highest BCUT2D eigenvalue weighted by Crippen LogP contribution is 2.10. The number of carbonyl (C=O) groups excluding carboxylic acids is 1. The number of amides is 1. The van der Waals surface area contributed by atoms with E-state index in [9.17, 15) is 4.79 Å². The molecule has 0 heterocycles. The van der Waals surface area contributed by atoms with E-state index in [1.165, 1.54) is 0 Å². The van der Waals surface area contributed by atoms with Crippen LogP contribution in [0.1, 0.15) is 23.7 Å². The third-order valence-electron chi connectivity index (χ3n) is 2.00. The fourth-order valence-corrected chi connectivity index (χ4v) is 1.48. The Morgan fingerprint density at radius 2 is 2.13 bits per heavy atom. The quantitative estimate of drug-likeness (QED) is 0.835. The van der Waals surface area contributed by atoms with Crippen LogP contribution in [-0.4, -0.2) is 11.9 Å². The molecular formula is C12H14BrNO. The molecule has 0 saturated carbocycles. The number of hydrogen-bond acceptors (Lipinski definition) is 1. The first-order valence-electron chi connectivity index (χ1n) is 4.81. The van der Waals surface area contributed by atoms with Gasteiger partial charge in [0.2, 0.25) is 0 Å². The smallest absolute Gasteiger partial charge is 0.251 e. The fraction of sp³-hybridized carbons (Fsp3) is 0.250. The molecule has 1 unspecified atom stereocenters. The van der Waals surface area contributed by atoms with E-state index in [1.54, 1.807) is 18.2 Å². The highest BCUT2D eigenvalue weighted by Gasteiger charge is 2.07. The van der Waals surface area contributed by atoms with Crippen LogP contribution in [0.25, 0.3) is 0 Å². The van der Waals surface area contributed by atoms with Crippen LogP contribution in [0.4, 0.5) is 0 Å². The zero-order valence-electron chi connectivity index (χ0n) is 8.66. The third-order valence-corrected chi connectivity index (χ3v) is 2.53. The zero-order chi connectivity index (χ0) is 11.3. The molecule has 1 aromatic rings. The average molecular weight is 268 g/mol. The Labute approximate surface area is 98.5 Å². The SMILES string of the molecule is C=CCC(C)NC(=O)c1ccc(Br)cc1. The van der Waals surface area contributed by atoms with Crippen molar-refractivity contribution in [3.63, 3.8) is 0 Å². The molecule has 0 aromatic heterocycles. The van der Waals surface area contributed by atoms with Gasteiger partial charge in [-0.15, -0.1) is 6.58 Å². The third kappa shape index (κ3) is 3.88. The molecule has 0 aliphatic rings. The summed E-state index contributed by atoms with van der Waals surface area (Å²) in [7, 11) is 0. The van der Waals surface area contributed by atoms with E-state index in [4.69, 9.17) is 0 Å². The van der Waals surface area contributed by atoms with Crippen molar-refractivity contribution < 1.29 is 4.79 Å². The summed E-state index contributed by atoms with van der Waals surface area (Å²) in [6.07, 6.45) is 2.58. The summed E-state index contributed by atoms with van der Waals surface area (Å²) in [4.78, 5) is 11.7. The molecule has 1 atom stereocenters. The van der Waals surface area contributed by atoms with Crippen molar-refractivity contribution >= 4 is 21.8 Å². The minimum Gasteiger partial charge on any atom is -0.349 e. The van der Waals surface area contributed by atoms with Gasteiger partial charge in [-0.25, -0.2) is 0 Å². The van der Waals surface area contributed by atoms with Gasteiger partial charge >= 0.3 is 0 Å². The second-order valence-corrected chi connectivity index (χ2v) is 4.32. The van der Waals surface area contributed by atoms with E-state index in [2.05, 4.69) is 27.8 Å². The standard InChI is InChI=1S/C12H14BrNO/c1-3-4-9(2)14-12(15)10-5-7-11(13)8-6-10/h3,5-9H,1,4H2,2H3,(H,14,15).